The van der Waals surface area contributed by atoms with Crippen molar-refractivity contribution in [1.29, 1.82) is 0 Å². The van der Waals surface area contributed by atoms with Crippen molar-refractivity contribution < 1.29 is 9.94 Å². The first-order valence-corrected chi connectivity index (χ1v) is 5.44. The molecule has 0 bridgehead atoms. The Kier molecular flexibility index (Phi) is 5.81. The molecular formula is C12H19NO2. The van der Waals surface area contributed by atoms with Crippen LogP contribution in [0.4, 0.5) is 5.69 Å². The SMILES string of the molecule is CCC(O)CCCONc1ccccc1. The fraction of sp³-hybridized carbons (Fsp3) is 0.500. The van der Waals surface area contributed by atoms with Gasteiger partial charge in [0.2, 0.25) is 0 Å². The minimum atomic E-state index is -0.190. The molecule has 1 aromatic rings. The first kappa shape index (κ1) is 12.0. The predicted octanol–water partition coefficient (Wildman–Crippen LogP) is 2.58. The fourth-order valence-electron chi connectivity index (χ4n) is 1.24. The van der Waals surface area contributed by atoms with Crippen molar-refractivity contribution in [2.45, 2.75) is 32.3 Å². The van der Waals surface area contributed by atoms with Crippen LogP contribution in [0.3, 0.4) is 0 Å². The third-order valence-corrected chi connectivity index (χ3v) is 2.22. The molecule has 1 aromatic carbocycles. The summed E-state index contributed by atoms with van der Waals surface area (Å²) in [7, 11) is 0. The van der Waals surface area contributed by atoms with Gasteiger partial charge in [0.05, 0.1) is 18.4 Å². The van der Waals surface area contributed by atoms with Crippen LogP contribution in [0.1, 0.15) is 26.2 Å². The van der Waals surface area contributed by atoms with E-state index in [1.54, 1.807) is 0 Å². The van der Waals surface area contributed by atoms with Gasteiger partial charge >= 0.3 is 0 Å². The molecule has 0 spiro atoms. The average molecular weight is 209 g/mol. The zero-order chi connectivity index (χ0) is 10.9. The van der Waals surface area contributed by atoms with Gasteiger partial charge in [-0.3, -0.25) is 10.3 Å². The number of hydrogen-bond donors (Lipinski definition) is 2. The van der Waals surface area contributed by atoms with E-state index in [4.69, 9.17) is 4.84 Å². The minimum absolute atomic E-state index is 0.190. The van der Waals surface area contributed by atoms with Crippen LogP contribution < -0.4 is 5.48 Å². The molecular weight excluding hydrogens is 190 g/mol. The number of aliphatic hydroxyl groups excluding tert-OH is 1. The lowest BCUT2D eigenvalue weighted by molar-refractivity contribution is 0.131. The molecule has 15 heavy (non-hydrogen) atoms. The summed E-state index contributed by atoms with van der Waals surface area (Å²) < 4.78 is 0. The maximum atomic E-state index is 9.30. The summed E-state index contributed by atoms with van der Waals surface area (Å²) in [6.45, 7) is 2.60. The summed E-state index contributed by atoms with van der Waals surface area (Å²) >= 11 is 0. The van der Waals surface area contributed by atoms with Gasteiger partial charge in [0.25, 0.3) is 0 Å². The normalized spacial score (nSPS) is 12.4. The lowest BCUT2D eigenvalue weighted by Crippen LogP contribution is -2.08. The second-order valence-corrected chi connectivity index (χ2v) is 3.52. The molecule has 84 valence electrons. The van der Waals surface area contributed by atoms with Crippen LogP contribution in [0.15, 0.2) is 30.3 Å². The standard InChI is InChI=1S/C12H19NO2/c1-2-12(14)9-6-10-15-13-11-7-4-3-5-8-11/h3-5,7-8,12-14H,2,6,9-10H2,1H3. The monoisotopic (exact) mass is 209 g/mol. The van der Waals surface area contributed by atoms with Gasteiger partial charge in [0, 0.05) is 0 Å². The molecule has 2 N–H and O–H groups in total. The molecule has 0 aromatic heterocycles. The number of hydrogen-bond acceptors (Lipinski definition) is 3. The van der Waals surface area contributed by atoms with E-state index in [1.807, 2.05) is 37.3 Å². The van der Waals surface area contributed by atoms with Crippen molar-refractivity contribution in [2.24, 2.45) is 0 Å². The zero-order valence-corrected chi connectivity index (χ0v) is 9.15. The molecule has 0 saturated heterocycles. The molecule has 1 unspecified atom stereocenters. The van der Waals surface area contributed by atoms with Gasteiger partial charge in [-0.25, -0.2) is 0 Å². The predicted molar refractivity (Wildman–Crippen MR) is 61.5 cm³/mol. The Morgan fingerprint density at radius 2 is 2.07 bits per heavy atom. The largest absolute Gasteiger partial charge is 0.393 e. The van der Waals surface area contributed by atoms with Crippen molar-refractivity contribution >= 4 is 5.69 Å². The Balaban J connectivity index is 2.03. The lowest BCUT2D eigenvalue weighted by Gasteiger charge is -2.08. The van der Waals surface area contributed by atoms with Crippen LogP contribution in [-0.4, -0.2) is 17.8 Å². The molecule has 3 heteroatoms. The van der Waals surface area contributed by atoms with Gasteiger partial charge in [-0.2, -0.15) is 0 Å². The number of nitrogens with one attached hydrogen (secondary N) is 1. The molecule has 0 aliphatic rings. The molecule has 1 rings (SSSR count). The summed E-state index contributed by atoms with van der Waals surface area (Å²) in [6.07, 6.45) is 2.29. The van der Waals surface area contributed by atoms with Gasteiger partial charge in [0.15, 0.2) is 0 Å². The van der Waals surface area contributed by atoms with Crippen molar-refractivity contribution in [1.82, 2.24) is 0 Å². The van der Waals surface area contributed by atoms with E-state index < -0.39 is 0 Å². The zero-order valence-electron chi connectivity index (χ0n) is 9.15. The highest BCUT2D eigenvalue weighted by Gasteiger charge is 1.99. The smallest absolute Gasteiger partial charge is 0.0747 e. The van der Waals surface area contributed by atoms with E-state index in [9.17, 15) is 5.11 Å². The number of aliphatic hydroxyl groups is 1. The van der Waals surface area contributed by atoms with Crippen molar-refractivity contribution in [3.8, 4) is 0 Å². The van der Waals surface area contributed by atoms with Gasteiger partial charge in [-0.1, -0.05) is 25.1 Å². The van der Waals surface area contributed by atoms with Crippen molar-refractivity contribution in [3.63, 3.8) is 0 Å². The van der Waals surface area contributed by atoms with Crippen molar-refractivity contribution in [3.05, 3.63) is 30.3 Å². The second kappa shape index (κ2) is 7.26. The Bertz CT molecular complexity index is 251. The number of rotatable bonds is 7. The van der Waals surface area contributed by atoms with Crippen LogP contribution in [0.5, 0.6) is 0 Å². The van der Waals surface area contributed by atoms with E-state index in [-0.39, 0.29) is 6.10 Å². The minimum Gasteiger partial charge on any atom is -0.393 e. The first-order valence-electron chi connectivity index (χ1n) is 5.44. The Labute approximate surface area is 91.0 Å². The van der Waals surface area contributed by atoms with Crippen LogP contribution >= 0.6 is 0 Å². The van der Waals surface area contributed by atoms with E-state index in [2.05, 4.69) is 5.48 Å². The van der Waals surface area contributed by atoms with Gasteiger partial charge < -0.3 is 5.11 Å². The maximum absolute atomic E-state index is 9.30. The van der Waals surface area contributed by atoms with E-state index in [1.165, 1.54) is 0 Å². The summed E-state index contributed by atoms with van der Waals surface area (Å²) in [5.74, 6) is 0. The first-order chi connectivity index (χ1) is 7.33. The third kappa shape index (κ3) is 5.40. The number of anilines is 1. The molecule has 0 heterocycles. The van der Waals surface area contributed by atoms with Crippen LogP contribution in [-0.2, 0) is 4.84 Å². The quantitative estimate of drug-likeness (QED) is 0.535. The van der Waals surface area contributed by atoms with Crippen LogP contribution in [0.25, 0.3) is 0 Å². The van der Waals surface area contributed by atoms with Crippen LogP contribution in [0.2, 0.25) is 0 Å². The molecule has 0 aliphatic carbocycles. The van der Waals surface area contributed by atoms with E-state index in [0.29, 0.717) is 6.61 Å². The highest BCUT2D eigenvalue weighted by Crippen LogP contribution is 2.05. The fourth-order valence-corrected chi connectivity index (χ4v) is 1.24. The van der Waals surface area contributed by atoms with Crippen LogP contribution in [0, 0.1) is 0 Å². The third-order valence-electron chi connectivity index (χ3n) is 2.22. The van der Waals surface area contributed by atoms with Gasteiger partial charge in [-0.05, 0) is 31.4 Å². The highest BCUT2D eigenvalue weighted by molar-refractivity contribution is 5.39. The maximum Gasteiger partial charge on any atom is 0.0747 e. The Morgan fingerprint density at radius 3 is 2.73 bits per heavy atom. The summed E-state index contributed by atoms with van der Waals surface area (Å²) in [6, 6.07) is 9.75. The number of para-hydroxylation sites is 1. The molecule has 1 atom stereocenters. The second-order valence-electron chi connectivity index (χ2n) is 3.52. The van der Waals surface area contributed by atoms with Gasteiger partial charge in [-0.15, -0.1) is 0 Å². The molecule has 0 saturated carbocycles. The summed E-state index contributed by atoms with van der Waals surface area (Å²) in [5.41, 5.74) is 3.81. The molecule has 0 radical (unpaired) electrons. The van der Waals surface area contributed by atoms with Gasteiger partial charge in [0.1, 0.15) is 0 Å². The highest BCUT2D eigenvalue weighted by atomic mass is 16.6. The molecule has 0 amide bonds. The number of benzene rings is 1. The van der Waals surface area contributed by atoms with E-state index >= 15 is 0 Å². The molecule has 0 aliphatic heterocycles. The average Bonchev–Trinajstić information content (AvgIpc) is 2.29. The Hall–Kier alpha value is -1.06. The summed E-state index contributed by atoms with van der Waals surface area (Å²) in [5, 5.41) is 9.30. The Morgan fingerprint density at radius 1 is 1.33 bits per heavy atom. The lowest BCUT2D eigenvalue weighted by atomic mass is 10.2. The van der Waals surface area contributed by atoms with Crippen molar-refractivity contribution in [2.75, 3.05) is 12.1 Å². The van der Waals surface area contributed by atoms with E-state index in [0.717, 1.165) is 24.9 Å². The summed E-state index contributed by atoms with van der Waals surface area (Å²) in [4.78, 5) is 5.25. The topological polar surface area (TPSA) is 41.5 Å². The molecule has 3 nitrogen and oxygen atoms in total. The molecule has 0 fully saturated rings.